The lowest BCUT2D eigenvalue weighted by Gasteiger charge is -2.09. The monoisotopic (exact) mass is 201 g/mol. The second-order valence-electron chi connectivity index (χ2n) is 2.80. The number of halogens is 3. The number of phenols is 1. The molecule has 74 valence electrons. The summed E-state index contributed by atoms with van der Waals surface area (Å²) in [6.45, 7) is 1.34. The van der Waals surface area contributed by atoms with Crippen molar-refractivity contribution in [1.82, 2.24) is 0 Å². The number of benzene rings is 1. The van der Waals surface area contributed by atoms with Crippen LogP contribution in [0.3, 0.4) is 0 Å². The third-order valence-electron chi connectivity index (χ3n) is 1.75. The Kier molecular flexibility index (Phi) is 2.39. The van der Waals surface area contributed by atoms with Crippen LogP contribution >= 0.6 is 0 Å². The quantitative estimate of drug-likeness (QED) is 0.701. The van der Waals surface area contributed by atoms with Crippen LogP contribution in [0, 0.1) is 18.3 Å². The molecule has 5 heteroatoms. The van der Waals surface area contributed by atoms with Gasteiger partial charge < -0.3 is 5.11 Å². The van der Waals surface area contributed by atoms with E-state index in [0.29, 0.717) is 6.07 Å². The molecule has 0 aromatic heterocycles. The van der Waals surface area contributed by atoms with E-state index in [-0.39, 0.29) is 11.1 Å². The van der Waals surface area contributed by atoms with Crippen LogP contribution in [0.15, 0.2) is 12.1 Å². The lowest BCUT2D eigenvalue weighted by atomic mass is 10.0. The predicted molar refractivity (Wildman–Crippen MR) is 42.6 cm³/mol. The van der Waals surface area contributed by atoms with Crippen LogP contribution in [-0.4, -0.2) is 5.11 Å². The maximum Gasteiger partial charge on any atom is 0.416 e. The van der Waals surface area contributed by atoms with Gasteiger partial charge in [0, 0.05) is 0 Å². The highest BCUT2D eigenvalue weighted by Crippen LogP contribution is 2.33. The Balaban J connectivity index is 3.37. The predicted octanol–water partition coefficient (Wildman–Crippen LogP) is 2.59. The standard InChI is InChI=1S/C9H6F3NO/c1-5-2-6(9(10,11)12)3-8(14)7(5)4-13/h2-3,14H,1H3. The van der Waals surface area contributed by atoms with E-state index in [1.54, 1.807) is 6.07 Å². The van der Waals surface area contributed by atoms with Gasteiger partial charge in [-0.25, -0.2) is 0 Å². The Hall–Kier alpha value is -1.70. The van der Waals surface area contributed by atoms with Gasteiger partial charge in [-0.3, -0.25) is 0 Å². The highest BCUT2D eigenvalue weighted by molar-refractivity contribution is 5.50. The summed E-state index contributed by atoms with van der Waals surface area (Å²) < 4.78 is 36.6. The van der Waals surface area contributed by atoms with E-state index >= 15 is 0 Å². The van der Waals surface area contributed by atoms with Crippen LogP contribution in [-0.2, 0) is 6.18 Å². The van der Waals surface area contributed by atoms with E-state index in [1.807, 2.05) is 0 Å². The molecule has 0 unspecified atom stereocenters. The van der Waals surface area contributed by atoms with E-state index in [0.717, 1.165) is 6.07 Å². The average Bonchev–Trinajstić information content (AvgIpc) is 2.01. The van der Waals surface area contributed by atoms with Crippen molar-refractivity contribution in [2.45, 2.75) is 13.1 Å². The van der Waals surface area contributed by atoms with Crippen molar-refractivity contribution in [3.05, 3.63) is 28.8 Å². The molecule has 0 spiro atoms. The number of aryl methyl sites for hydroxylation is 1. The van der Waals surface area contributed by atoms with Crippen molar-refractivity contribution < 1.29 is 18.3 Å². The molecular formula is C9H6F3NO. The summed E-state index contributed by atoms with van der Waals surface area (Å²) in [4.78, 5) is 0. The van der Waals surface area contributed by atoms with Crippen molar-refractivity contribution in [1.29, 1.82) is 5.26 Å². The maximum absolute atomic E-state index is 12.2. The topological polar surface area (TPSA) is 44.0 Å². The minimum Gasteiger partial charge on any atom is -0.507 e. The fourth-order valence-electron chi connectivity index (χ4n) is 1.08. The number of nitriles is 1. The van der Waals surface area contributed by atoms with E-state index in [2.05, 4.69) is 0 Å². The third kappa shape index (κ3) is 1.79. The number of nitrogens with zero attached hydrogens (tertiary/aromatic N) is 1. The fraction of sp³-hybridized carbons (Fsp3) is 0.222. The van der Waals surface area contributed by atoms with Gasteiger partial charge in [-0.15, -0.1) is 0 Å². The number of hydrogen-bond acceptors (Lipinski definition) is 2. The van der Waals surface area contributed by atoms with E-state index in [4.69, 9.17) is 10.4 Å². The lowest BCUT2D eigenvalue weighted by Crippen LogP contribution is -2.05. The number of hydrogen-bond donors (Lipinski definition) is 1. The maximum atomic E-state index is 12.2. The molecule has 0 bridgehead atoms. The van der Waals surface area contributed by atoms with Crippen LogP contribution < -0.4 is 0 Å². The molecule has 0 saturated carbocycles. The van der Waals surface area contributed by atoms with Gasteiger partial charge in [-0.2, -0.15) is 18.4 Å². The van der Waals surface area contributed by atoms with Gasteiger partial charge in [0.15, 0.2) is 0 Å². The molecule has 1 rings (SSSR count). The van der Waals surface area contributed by atoms with Crippen LogP contribution in [0.1, 0.15) is 16.7 Å². The Bertz CT molecular complexity index is 380. The molecule has 0 amide bonds. The third-order valence-corrected chi connectivity index (χ3v) is 1.75. The molecule has 0 saturated heterocycles. The molecule has 0 heterocycles. The smallest absolute Gasteiger partial charge is 0.416 e. The second kappa shape index (κ2) is 3.22. The summed E-state index contributed by atoms with van der Waals surface area (Å²) in [6.07, 6.45) is -4.50. The van der Waals surface area contributed by atoms with Crippen LogP contribution in [0.4, 0.5) is 13.2 Å². The van der Waals surface area contributed by atoms with Gasteiger partial charge in [0.1, 0.15) is 11.8 Å². The Morgan fingerprint density at radius 1 is 1.36 bits per heavy atom. The number of alkyl halides is 3. The van der Waals surface area contributed by atoms with Gasteiger partial charge in [-0.05, 0) is 24.6 Å². The molecule has 0 aliphatic carbocycles. The molecule has 0 radical (unpaired) electrons. The van der Waals surface area contributed by atoms with Crippen LogP contribution in [0.2, 0.25) is 0 Å². The first-order valence-corrected chi connectivity index (χ1v) is 3.67. The molecule has 1 aromatic carbocycles. The Morgan fingerprint density at radius 3 is 2.29 bits per heavy atom. The van der Waals surface area contributed by atoms with E-state index in [9.17, 15) is 13.2 Å². The van der Waals surface area contributed by atoms with Gasteiger partial charge in [-0.1, -0.05) is 0 Å². The minimum atomic E-state index is -4.50. The minimum absolute atomic E-state index is 0.111. The van der Waals surface area contributed by atoms with Gasteiger partial charge >= 0.3 is 6.18 Å². The van der Waals surface area contributed by atoms with E-state index in [1.165, 1.54) is 6.92 Å². The molecule has 0 aliphatic heterocycles. The normalized spacial score (nSPS) is 11.1. The zero-order valence-electron chi connectivity index (χ0n) is 7.18. The van der Waals surface area contributed by atoms with E-state index < -0.39 is 17.5 Å². The first kappa shape index (κ1) is 10.4. The van der Waals surface area contributed by atoms with Crippen molar-refractivity contribution in [2.24, 2.45) is 0 Å². The highest BCUT2D eigenvalue weighted by Gasteiger charge is 2.31. The second-order valence-corrected chi connectivity index (χ2v) is 2.80. The van der Waals surface area contributed by atoms with Crippen molar-refractivity contribution >= 4 is 0 Å². The number of rotatable bonds is 0. The van der Waals surface area contributed by atoms with Gasteiger partial charge in [0.25, 0.3) is 0 Å². The molecule has 2 nitrogen and oxygen atoms in total. The summed E-state index contributed by atoms with van der Waals surface area (Å²) in [7, 11) is 0. The molecule has 14 heavy (non-hydrogen) atoms. The number of phenolic OH excluding ortho intramolecular Hbond substituents is 1. The Morgan fingerprint density at radius 2 is 1.93 bits per heavy atom. The van der Waals surface area contributed by atoms with Crippen LogP contribution in [0.5, 0.6) is 5.75 Å². The van der Waals surface area contributed by atoms with Gasteiger partial charge in [0.2, 0.25) is 0 Å². The summed E-state index contributed by atoms with van der Waals surface area (Å²) in [5, 5.41) is 17.6. The molecule has 1 aromatic rings. The van der Waals surface area contributed by atoms with Crippen LogP contribution in [0.25, 0.3) is 0 Å². The molecule has 0 atom stereocenters. The van der Waals surface area contributed by atoms with Crippen molar-refractivity contribution in [3.63, 3.8) is 0 Å². The summed E-state index contributed by atoms with van der Waals surface area (Å²) in [5.74, 6) is -0.639. The Labute approximate surface area is 78.2 Å². The molecule has 0 fully saturated rings. The van der Waals surface area contributed by atoms with Crippen molar-refractivity contribution in [3.8, 4) is 11.8 Å². The van der Waals surface area contributed by atoms with Gasteiger partial charge in [0.05, 0.1) is 11.1 Å². The highest BCUT2D eigenvalue weighted by atomic mass is 19.4. The summed E-state index contributed by atoms with van der Waals surface area (Å²) in [5.41, 5.74) is -0.968. The average molecular weight is 201 g/mol. The molecule has 1 N–H and O–H groups in total. The fourth-order valence-corrected chi connectivity index (χ4v) is 1.08. The first-order chi connectivity index (χ1) is 6.36. The zero-order chi connectivity index (χ0) is 10.9. The zero-order valence-corrected chi connectivity index (χ0v) is 7.18. The number of aromatic hydroxyl groups is 1. The summed E-state index contributed by atoms with van der Waals surface area (Å²) >= 11 is 0. The van der Waals surface area contributed by atoms with Crippen molar-refractivity contribution in [2.75, 3.05) is 0 Å². The molecule has 0 aliphatic rings. The lowest BCUT2D eigenvalue weighted by molar-refractivity contribution is -0.137. The molecular weight excluding hydrogens is 195 g/mol. The summed E-state index contributed by atoms with van der Waals surface area (Å²) in [6, 6.07) is 3.00. The SMILES string of the molecule is Cc1cc(C(F)(F)F)cc(O)c1C#N. The largest absolute Gasteiger partial charge is 0.507 e. The first-order valence-electron chi connectivity index (χ1n) is 3.67.